The van der Waals surface area contributed by atoms with E-state index in [1.54, 1.807) is 36.3 Å². The van der Waals surface area contributed by atoms with Crippen molar-refractivity contribution < 1.29 is 13.9 Å². The van der Waals surface area contributed by atoms with Gasteiger partial charge in [0.15, 0.2) is 0 Å². The van der Waals surface area contributed by atoms with Gasteiger partial charge in [-0.2, -0.15) is 0 Å². The van der Waals surface area contributed by atoms with Gasteiger partial charge in [-0.05, 0) is 43.2 Å². The molecule has 4 nitrogen and oxygen atoms in total. The number of pyridine rings is 1. The van der Waals surface area contributed by atoms with E-state index in [4.69, 9.17) is 4.74 Å². The Morgan fingerprint density at radius 2 is 2.00 bits per heavy atom. The number of rotatable bonds is 5. The maximum atomic E-state index is 14.0. The molecule has 0 atom stereocenters. The van der Waals surface area contributed by atoms with Crippen molar-refractivity contribution in [1.82, 2.24) is 9.88 Å². The number of halogens is 1. The summed E-state index contributed by atoms with van der Waals surface area (Å²) in [6.45, 7) is 0.262. The number of aromatic nitrogens is 1. The van der Waals surface area contributed by atoms with Gasteiger partial charge in [-0.25, -0.2) is 9.37 Å². The van der Waals surface area contributed by atoms with Crippen molar-refractivity contribution in [3.05, 3.63) is 71.7 Å². The molecule has 1 aliphatic rings. The summed E-state index contributed by atoms with van der Waals surface area (Å²) in [7, 11) is 1.61. The van der Waals surface area contributed by atoms with Gasteiger partial charge in [-0.3, -0.25) is 4.79 Å². The summed E-state index contributed by atoms with van der Waals surface area (Å²) in [5.41, 5.74) is 1.64. The van der Waals surface area contributed by atoms with Crippen LogP contribution in [0.1, 0.15) is 28.9 Å². The number of carbonyl (C=O) groups is 1. The molecule has 132 valence electrons. The highest BCUT2D eigenvalue weighted by Gasteiger charge is 2.34. The second kappa shape index (κ2) is 6.75. The molecule has 1 fully saturated rings. The number of carbonyl (C=O) groups excluding carboxylic acids is 1. The topological polar surface area (TPSA) is 42.4 Å². The number of hydrogen-bond acceptors (Lipinski definition) is 3. The molecule has 0 aliphatic heterocycles. The highest BCUT2D eigenvalue weighted by atomic mass is 19.1. The quantitative estimate of drug-likeness (QED) is 0.693. The lowest BCUT2D eigenvalue weighted by Gasteiger charge is -2.22. The molecule has 1 saturated carbocycles. The minimum Gasteiger partial charge on any atom is -0.497 e. The van der Waals surface area contributed by atoms with Crippen LogP contribution in [-0.2, 0) is 6.54 Å². The number of nitrogens with zero attached hydrogens (tertiary/aromatic N) is 2. The van der Waals surface area contributed by atoms with E-state index in [9.17, 15) is 9.18 Å². The molecule has 26 heavy (non-hydrogen) atoms. The molecule has 3 aromatic rings. The molecule has 0 N–H and O–H groups in total. The summed E-state index contributed by atoms with van der Waals surface area (Å²) >= 11 is 0. The first-order valence-electron chi connectivity index (χ1n) is 8.65. The fourth-order valence-electron chi connectivity index (χ4n) is 3.06. The molecule has 1 aliphatic carbocycles. The van der Waals surface area contributed by atoms with E-state index in [2.05, 4.69) is 4.98 Å². The Kier molecular flexibility index (Phi) is 4.29. The first kappa shape index (κ1) is 16.5. The van der Waals surface area contributed by atoms with Gasteiger partial charge in [0.1, 0.15) is 17.3 Å². The Morgan fingerprint density at radius 3 is 2.73 bits per heavy atom. The van der Waals surface area contributed by atoms with Gasteiger partial charge in [0.05, 0.1) is 12.6 Å². The maximum absolute atomic E-state index is 14.0. The Hall–Kier alpha value is -2.95. The largest absolute Gasteiger partial charge is 0.497 e. The van der Waals surface area contributed by atoms with Crippen LogP contribution < -0.4 is 4.74 Å². The lowest BCUT2D eigenvalue weighted by Crippen LogP contribution is -2.33. The molecule has 1 heterocycles. The molecule has 4 rings (SSSR count). The molecule has 0 bridgehead atoms. The van der Waals surface area contributed by atoms with Crippen LogP contribution in [0.5, 0.6) is 5.75 Å². The molecular weight excluding hydrogens is 331 g/mol. The molecule has 0 saturated heterocycles. The number of methoxy groups -OCH3 is 1. The second-order valence-electron chi connectivity index (χ2n) is 6.51. The van der Waals surface area contributed by atoms with E-state index in [-0.39, 0.29) is 24.3 Å². The minimum atomic E-state index is -0.287. The summed E-state index contributed by atoms with van der Waals surface area (Å²) < 4.78 is 19.2. The predicted molar refractivity (Wildman–Crippen MR) is 97.6 cm³/mol. The van der Waals surface area contributed by atoms with E-state index < -0.39 is 0 Å². The van der Waals surface area contributed by atoms with E-state index in [1.165, 1.54) is 6.07 Å². The van der Waals surface area contributed by atoms with Gasteiger partial charge in [-0.1, -0.05) is 24.3 Å². The number of benzene rings is 2. The van der Waals surface area contributed by atoms with Crippen molar-refractivity contribution in [3.63, 3.8) is 0 Å². The molecule has 5 heteroatoms. The molecule has 0 unspecified atom stereocenters. The van der Waals surface area contributed by atoms with Crippen LogP contribution in [0.25, 0.3) is 10.9 Å². The summed E-state index contributed by atoms with van der Waals surface area (Å²) in [6.07, 6.45) is 1.90. The predicted octanol–water partition coefficient (Wildman–Crippen LogP) is 4.19. The number of hydrogen-bond donors (Lipinski definition) is 0. The van der Waals surface area contributed by atoms with E-state index >= 15 is 0 Å². The second-order valence-corrected chi connectivity index (χ2v) is 6.51. The fraction of sp³-hybridized carbons (Fsp3) is 0.238. The number of amides is 1. The zero-order valence-corrected chi connectivity index (χ0v) is 14.5. The fourth-order valence-corrected chi connectivity index (χ4v) is 3.06. The molecule has 1 aromatic heterocycles. The Labute approximate surface area is 151 Å². The third-order valence-electron chi connectivity index (χ3n) is 4.66. The van der Waals surface area contributed by atoms with Crippen LogP contribution >= 0.6 is 0 Å². The zero-order chi connectivity index (χ0) is 18.1. The molecule has 0 radical (unpaired) electrons. The lowest BCUT2D eigenvalue weighted by molar-refractivity contribution is 0.0722. The number of fused-ring (bicyclic) bond motifs is 1. The maximum Gasteiger partial charge on any atom is 0.273 e. The third-order valence-corrected chi connectivity index (χ3v) is 4.66. The van der Waals surface area contributed by atoms with Gasteiger partial charge in [0, 0.05) is 23.5 Å². The van der Waals surface area contributed by atoms with Gasteiger partial charge in [-0.15, -0.1) is 0 Å². The van der Waals surface area contributed by atoms with Crippen LogP contribution in [-0.4, -0.2) is 28.9 Å². The molecule has 0 spiro atoms. The van der Waals surface area contributed by atoms with Crippen LogP contribution in [0, 0.1) is 5.82 Å². The summed E-state index contributed by atoms with van der Waals surface area (Å²) in [5, 5.41) is 0.910. The van der Waals surface area contributed by atoms with Crippen molar-refractivity contribution in [2.75, 3.05) is 7.11 Å². The monoisotopic (exact) mass is 350 g/mol. The van der Waals surface area contributed by atoms with Crippen molar-refractivity contribution in [2.24, 2.45) is 0 Å². The minimum absolute atomic E-state index is 0.159. The van der Waals surface area contributed by atoms with Gasteiger partial charge in [0.25, 0.3) is 5.91 Å². The van der Waals surface area contributed by atoms with Gasteiger partial charge < -0.3 is 9.64 Å². The molecule has 1 amide bonds. The van der Waals surface area contributed by atoms with Crippen LogP contribution in [0.15, 0.2) is 54.6 Å². The molecular formula is C21H19FN2O2. The standard InChI is InChI=1S/C21H19FN2O2/c1-26-17-9-11-19-14(12-17)6-10-20(23-19)21(25)24(16-7-8-16)13-15-4-2-3-5-18(15)22/h2-6,9-12,16H,7-8,13H2,1H3. The van der Waals surface area contributed by atoms with Crippen molar-refractivity contribution in [1.29, 1.82) is 0 Å². The average Bonchev–Trinajstić information content (AvgIpc) is 3.51. The van der Waals surface area contributed by atoms with Crippen LogP contribution in [0.3, 0.4) is 0 Å². The van der Waals surface area contributed by atoms with Crippen molar-refractivity contribution >= 4 is 16.8 Å². The number of ether oxygens (including phenoxy) is 1. The third kappa shape index (κ3) is 3.25. The highest BCUT2D eigenvalue weighted by Crippen LogP contribution is 2.30. The van der Waals surface area contributed by atoms with Crippen molar-refractivity contribution in [3.8, 4) is 5.75 Å². The van der Waals surface area contributed by atoms with E-state index in [1.807, 2.05) is 24.3 Å². The highest BCUT2D eigenvalue weighted by molar-refractivity contribution is 5.95. The Bertz CT molecular complexity index is 969. The zero-order valence-electron chi connectivity index (χ0n) is 14.5. The first-order chi connectivity index (χ1) is 12.7. The molecule has 2 aromatic carbocycles. The Balaban J connectivity index is 1.63. The van der Waals surface area contributed by atoms with Crippen LogP contribution in [0.4, 0.5) is 4.39 Å². The SMILES string of the molecule is COc1ccc2nc(C(=O)N(Cc3ccccc3F)C3CC3)ccc2c1. The summed E-state index contributed by atoms with van der Waals surface area (Å²) in [5.74, 6) is 0.301. The lowest BCUT2D eigenvalue weighted by atomic mass is 10.1. The average molecular weight is 350 g/mol. The summed E-state index contributed by atoms with van der Waals surface area (Å²) in [6, 6.07) is 15.9. The smallest absolute Gasteiger partial charge is 0.273 e. The van der Waals surface area contributed by atoms with Crippen LogP contribution in [0.2, 0.25) is 0 Å². The van der Waals surface area contributed by atoms with E-state index in [0.29, 0.717) is 11.3 Å². The summed E-state index contributed by atoms with van der Waals surface area (Å²) in [4.78, 5) is 19.3. The Morgan fingerprint density at radius 1 is 1.19 bits per heavy atom. The van der Waals surface area contributed by atoms with Gasteiger partial charge >= 0.3 is 0 Å². The van der Waals surface area contributed by atoms with Gasteiger partial charge in [0.2, 0.25) is 0 Å². The van der Waals surface area contributed by atoms with E-state index in [0.717, 1.165) is 29.5 Å². The normalized spacial score (nSPS) is 13.6. The van der Waals surface area contributed by atoms with Crippen molar-refractivity contribution in [2.45, 2.75) is 25.4 Å². The first-order valence-corrected chi connectivity index (χ1v) is 8.65.